The second kappa shape index (κ2) is 13.4. The zero-order valence-corrected chi connectivity index (χ0v) is 12.9. The van der Waals surface area contributed by atoms with E-state index in [1.165, 1.54) is 51.4 Å². The van der Waals surface area contributed by atoms with Crippen LogP contribution < -0.4 is 5.73 Å². The third kappa shape index (κ3) is 9.90. The van der Waals surface area contributed by atoms with E-state index in [1.54, 1.807) is 7.11 Å². The molecule has 0 saturated heterocycles. The van der Waals surface area contributed by atoms with Crippen LogP contribution in [0.2, 0.25) is 0 Å². The quantitative estimate of drug-likeness (QED) is 0.487. The van der Waals surface area contributed by atoms with E-state index in [9.17, 15) is 0 Å². The van der Waals surface area contributed by atoms with Crippen molar-refractivity contribution in [2.75, 3.05) is 7.11 Å². The highest BCUT2D eigenvalue weighted by atomic mass is 16.5. The Balaban J connectivity index is 3.36. The normalized spacial score (nSPS) is 14.7. The van der Waals surface area contributed by atoms with E-state index in [0.717, 1.165) is 19.3 Å². The highest BCUT2D eigenvalue weighted by molar-refractivity contribution is 4.72. The molecule has 0 fully saturated rings. The molecule has 0 aliphatic rings. The van der Waals surface area contributed by atoms with Crippen molar-refractivity contribution < 1.29 is 4.74 Å². The SMILES string of the molecule is CCCCCCCCCCC(N)C(CCC)OC. The fourth-order valence-corrected chi connectivity index (χ4v) is 2.49. The molecule has 0 radical (unpaired) electrons. The van der Waals surface area contributed by atoms with Crippen molar-refractivity contribution in [1.29, 1.82) is 0 Å². The van der Waals surface area contributed by atoms with Gasteiger partial charge in [0.25, 0.3) is 0 Å². The first-order valence-electron chi connectivity index (χ1n) is 8.04. The predicted octanol–water partition coefficient (Wildman–Crippen LogP) is 4.66. The van der Waals surface area contributed by atoms with Gasteiger partial charge in [-0.25, -0.2) is 0 Å². The van der Waals surface area contributed by atoms with E-state index >= 15 is 0 Å². The van der Waals surface area contributed by atoms with Crippen LogP contribution in [0.3, 0.4) is 0 Å². The lowest BCUT2D eigenvalue weighted by Gasteiger charge is -2.22. The molecule has 0 spiro atoms. The Kier molecular flexibility index (Phi) is 13.3. The molecule has 0 aromatic carbocycles. The van der Waals surface area contributed by atoms with Gasteiger partial charge in [0, 0.05) is 13.2 Å². The summed E-state index contributed by atoms with van der Waals surface area (Å²) in [7, 11) is 1.79. The molecule has 0 aromatic rings. The van der Waals surface area contributed by atoms with Crippen molar-refractivity contribution >= 4 is 0 Å². The van der Waals surface area contributed by atoms with Crippen LogP contribution in [-0.2, 0) is 4.74 Å². The van der Waals surface area contributed by atoms with E-state index < -0.39 is 0 Å². The highest BCUT2D eigenvalue weighted by Crippen LogP contribution is 2.13. The van der Waals surface area contributed by atoms with E-state index in [4.69, 9.17) is 10.5 Å². The number of hydrogen-bond acceptors (Lipinski definition) is 2. The van der Waals surface area contributed by atoms with Gasteiger partial charge in [0.2, 0.25) is 0 Å². The number of nitrogens with two attached hydrogens (primary N) is 1. The summed E-state index contributed by atoms with van der Waals surface area (Å²) in [5.41, 5.74) is 6.17. The van der Waals surface area contributed by atoms with Crippen molar-refractivity contribution in [1.82, 2.24) is 0 Å². The molecule has 0 amide bonds. The number of rotatable bonds is 13. The monoisotopic (exact) mass is 257 g/mol. The third-order valence-corrected chi connectivity index (χ3v) is 3.74. The van der Waals surface area contributed by atoms with Gasteiger partial charge in [-0.1, -0.05) is 71.6 Å². The average molecular weight is 257 g/mol. The van der Waals surface area contributed by atoms with Gasteiger partial charge in [0.15, 0.2) is 0 Å². The van der Waals surface area contributed by atoms with Gasteiger partial charge >= 0.3 is 0 Å². The standard InChI is InChI=1S/C16H35NO/c1-4-6-7-8-9-10-11-12-14-15(17)16(18-3)13-5-2/h15-16H,4-14,17H2,1-3H3. The summed E-state index contributed by atoms with van der Waals surface area (Å²) >= 11 is 0. The molecule has 18 heavy (non-hydrogen) atoms. The molecular formula is C16H35NO. The number of hydrogen-bond donors (Lipinski definition) is 1. The molecule has 0 heterocycles. The molecule has 110 valence electrons. The van der Waals surface area contributed by atoms with E-state index in [0.29, 0.717) is 0 Å². The summed E-state index contributed by atoms with van der Waals surface area (Å²) in [5.74, 6) is 0. The van der Waals surface area contributed by atoms with Crippen LogP contribution in [0.15, 0.2) is 0 Å². The van der Waals surface area contributed by atoms with Crippen molar-refractivity contribution in [2.24, 2.45) is 5.73 Å². The smallest absolute Gasteiger partial charge is 0.0722 e. The van der Waals surface area contributed by atoms with Gasteiger partial charge in [0.05, 0.1) is 6.10 Å². The zero-order chi connectivity index (χ0) is 13.6. The molecule has 2 unspecified atom stereocenters. The minimum Gasteiger partial charge on any atom is -0.380 e. The number of methoxy groups -OCH3 is 1. The van der Waals surface area contributed by atoms with Gasteiger partial charge in [-0.05, 0) is 12.8 Å². The van der Waals surface area contributed by atoms with E-state index in [-0.39, 0.29) is 12.1 Å². The summed E-state index contributed by atoms with van der Waals surface area (Å²) in [6, 6.07) is 0.232. The lowest BCUT2D eigenvalue weighted by Crippen LogP contribution is -2.35. The molecule has 2 atom stereocenters. The summed E-state index contributed by atoms with van der Waals surface area (Å²) in [5, 5.41) is 0. The Bertz CT molecular complexity index is 161. The van der Waals surface area contributed by atoms with Gasteiger partial charge < -0.3 is 10.5 Å². The summed E-state index contributed by atoms with van der Waals surface area (Å²) in [4.78, 5) is 0. The van der Waals surface area contributed by atoms with Crippen LogP contribution in [0.1, 0.15) is 84.5 Å². The summed E-state index contributed by atoms with van der Waals surface area (Å²) in [6.07, 6.45) is 14.6. The van der Waals surface area contributed by atoms with Gasteiger partial charge in [-0.2, -0.15) is 0 Å². The van der Waals surface area contributed by atoms with E-state index in [1.807, 2.05) is 0 Å². The lowest BCUT2D eigenvalue weighted by molar-refractivity contribution is 0.0694. The fraction of sp³-hybridized carbons (Fsp3) is 1.00. The second-order valence-corrected chi connectivity index (χ2v) is 5.49. The minimum atomic E-state index is 0.232. The predicted molar refractivity (Wildman–Crippen MR) is 80.9 cm³/mol. The van der Waals surface area contributed by atoms with Crippen molar-refractivity contribution in [3.05, 3.63) is 0 Å². The number of unbranched alkanes of at least 4 members (excludes halogenated alkanes) is 7. The average Bonchev–Trinajstić information content (AvgIpc) is 2.38. The topological polar surface area (TPSA) is 35.2 Å². The first-order valence-corrected chi connectivity index (χ1v) is 8.04. The molecule has 0 aromatic heterocycles. The Hall–Kier alpha value is -0.0800. The highest BCUT2D eigenvalue weighted by Gasteiger charge is 2.15. The summed E-state index contributed by atoms with van der Waals surface area (Å²) in [6.45, 7) is 4.46. The van der Waals surface area contributed by atoms with Crippen molar-refractivity contribution in [3.8, 4) is 0 Å². The molecule has 0 aliphatic heterocycles. The Morgan fingerprint density at radius 1 is 0.778 bits per heavy atom. The molecule has 0 aliphatic carbocycles. The maximum absolute atomic E-state index is 6.17. The van der Waals surface area contributed by atoms with Crippen molar-refractivity contribution in [3.63, 3.8) is 0 Å². The fourth-order valence-electron chi connectivity index (χ4n) is 2.49. The Morgan fingerprint density at radius 3 is 1.83 bits per heavy atom. The first-order chi connectivity index (χ1) is 8.76. The summed E-state index contributed by atoms with van der Waals surface area (Å²) < 4.78 is 5.45. The molecule has 2 heteroatoms. The largest absolute Gasteiger partial charge is 0.380 e. The third-order valence-electron chi connectivity index (χ3n) is 3.74. The molecule has 0 saturated carbocycles. The maximum atomic E-state index is 6.17. The van der Waals surface area contributed by atoms with Crippen LogP contribution in [-0.4, -0.2) is 19.3 Å². The molecule has 0 bridgehead atoms. The molecule has 2 N–H and O–H groups in total. The first kappa shape index (κ1) is 17.9. The minimum absolute atomic E-state index is 0.232. The molecule has 0 rings (SSSR count). The van der Waals surface area contributed by atoms with Gasteiger partial charge in [-0.3, -0.25) is 0 Å². The Labute approximate surface area is 115 Å². The Morgan fingerprint density at radius 2 is 1.33 bits per heavy atom. The van der Waals surface area contributed by atoms with E-state index in [2.05, 4.69) is 13.8 Å². The van der Waals surface area contributed by atoms with Crippen LogP contribution in [0.5, 0.6) is 0 Å². The van der Waals surface area contributed by atoms with Crippen LogP contribution in [0, 0.1) is 0 Å². The van der Waals surface area contributed by atoms with Crippen molar-refractivity contribution in [2.45, 2.75) is 96.6 Å². The second-order valence-electron chi connectivity index (χ2n) is 5.49. The molecular weight excluding hydrogens is 222 g/mol. The zero-order valence-electron chi connectivity index (χ0n) is 12.9. The van der Waals surface area contributed by atoms with Gasteiger partial charge in [0.1, 0.15) is 0 Å². The maximum Gasteiger partial charge on any atom is 0.0722 e. The van der Waals surface area contributed by atoms with Crippen LogP contribution in [0.25, 0.3) is 0 Å². The van der Waals surface area contributed by atoms with Crippen LogP contribution >= 0.6 is 0 Å². The molecule has 2 nitrogen and oxygen atoms in total. The van der Waals surface area contributed by atoms with Crippen LogP contribution in [0.4, 0.5) is 0 Å². The lowest BCUT2D eigenvalue weighted by atomic mass is 9.99. The number of ether oxygens (including phenoxy) is 1. The van der Waals surface area contributed by atoms with Gasteiger partial charge in [-0.15, -0.1) is 0 Å².